The summed E-state index contributed by atoms with van der Waals surface area (Å²) in [5.74, 6) is 0.141. The zero-order chi connectivity index (χ0) is 30.3. The zero-order valence-corrected chi connectivity index (χ0v) is 23.8. The monoisotopic (exact) mass is 580 g/mol. The maximum absolute atomic E-state index is 13.5. The first-order valence-electron chi connectivity index (χ1n) is 13.7. The van der Waals surface area contributed by atoms with Crippen molar-refractivity contribution in [2.45, 2.75) is 45.3 Å². The molecule has 0 bridgehead atoms. The number of aromatic amines is 1. The third-order valence-electron chi connectivity index (χ3n) is 7.11. The lowest BCUT2D eigenvalue weighted by Gasteiger charge is -2.21. The Kier molecular flexibility index (Phi) is 8.80. The van der Waals surface area contributed by atoms with Crippen LogP contribution < -0.4 is 11.1 Å². The summed E-state index contributed by atoms with van der Waals surface area (Å²) in [6, 6.07) is 20.6. The summed E-state index contributed by atoms with van der Waals surface area (Å²) in [7, 11) is 0. The van der Waals surface area contributed by atoms with Gasteiger partial charge in [0.1, 0.15) is 11.8 Å². The van der Waals surface area contributed by atoms with Crippen LogP contribution in [0.2, 0.25) is 0 Å². The molecule has 0 fully saturated rings. The van der Waals surface area contributed by atoms with Gasteiger partial charge in [-0.25, -0.2) is 9.78 Å². The summed E-state index contributed by atoms with van der Waals surface area (Å²) in [6.07, 6.45) is 1.61. The van der Waals surface area contributed by atoms with Crippen LogP contribution in [0.3, 0.4) is 0 Å². The van der Waals surface area contributed by atoms with E-state index < -0.39 is 24.1 Å². The van der Waals surface area contributed by atoms with Crippen LogP contribution >= 0.6 is 0 Å². The fourth-order valence-electron chi connectivity index (χ4n) is 4.99. The van der Waals surface area contributed by atoms with Gasteiger partial charge in [0.2, 0.25) is 5.89 Å². The second-order valence-electron chi connectivity index (χ2n) is 10.3. The van der Waals surface area contributed by atoms with E-state index >= 15 is 0 Å². The van der Waals surface area contributed by atoms with Crippen LogP contribution in [-0.2, 0) is 28.8 Å². The van der Waals surface area contributed by atoms with Crippen molar-refractivity contribution in [2.75, 3.05) is 0 Å². The minimum absolute atomic E-state index is 0.0515. The van der Waals surface area contributed by atoms with Crippen LogP contribution in [0.4, 0.5) is 4.79 Å². The molecular weight excluding hydrogens is 548 g/mol. The number of benzene rings is 3. The van der Waals surface area contributed by atoms with E-state index in [1.54, 1.807) is 32.2 Å². The van der Waals surface area contributed by atoms with E-state index in [-0.39, 0.29) is 24.5 Å². The molecule has 2 amide bonds. The second kappa shape index (κ2) is 13.0. The van der Waals surface area contributed by atoms with Crippen molar-refractivity contribution in [3.8, 4) is 16.9 Å². The number of phenols is 1. The van der Waals surface area contributed by atoms with E-state index in [0.29, 0.717) is 17.9 Å². The molecule has 1 unspecified atom stereocenters. The standard InChI is InChI=1S/C32H32N6O5/c1-19-12-25(39)13-20(2)26(19)16-28(42-32(33)41)30(40)36-27(15-24-17-34-18-35-24)31-37-29(38-43-31)14-21-8-10-23(11-9-21)22-6-4-3-5-7-22/h3-13,17-18,27-28,39H,14-16H2,1-2H3,(H2,33,41)(H,34,35)(H,36,40)/t27-,28?/m0/s1. The Morgan fingerprint density at radius 3 is 2.37 bits per heavy atom. The molecule has 5 rings (SSSR count). The predicted molar refractivity (Wildman–Crippen MR) is 158 cm³/mol. The summed E-state index contributed by atoms with van der Waals surface area (Å²) in [6.45, 7) is 3.60. The number of nitrogens with two attached hydrogens (primary N) is 1. The molecule has 0 spiro atoms. The molecule has 43 heavy (non-hydrogen) atoms. The molecule has 5 N–H and O–H groups in total. The number of hydrogen-bond donors (Lipinski definition) is 4. The average Bonchev–Trinajstić information content (AvgIpc) is 3.67. The minimum Gasteiger partial charge on any atom is -0.508 e. The van der Waals surface area contributed by atoms with Gasteiger partial charge in [-0.05, 0) is 59.4 Å². The number of carbonyl (C=O) groups excluding carboxylic acids is 2. The Bertz CT molecular complexity index is 1660. The fourth-order valence-corrected chi connectivity index (χ4v) is 4.99. The number of imidazole rings is 1. The molecule has 0 saturated heterocycles. The highest BCUT2D eigenvalue weighted by atomic mass is 16.6. The van der Waals surface area contributed by atoms with Gasteiger partial charge in [0, 0.05) is 25.5 Å². The zero-order valence-electron chi connectivity index (χ0n) is 23.8. The highest BCUT2D eigenvalue weighted by Crippen LogP contribution is 2.24. The molecule has 0 aliphatic carbocycles. The van der Waals surface area contributed by atoms with Crippen LogP contribution in [0, 0.1) is 13.8 Å². The largest absolute Gasteiger partial charge is 0.508 e. The van der Waals surface area contributed by atoms with E-state index in [4.69, 9.17) is 15.0 Å². The number of nitrogens with zero attached hydrogens (tertiary/aromatic N) is 3. The molecule has 11 nitrogen and oxygen atoms in total. The summed E-state index contributed by atoms with van der Waals surface area (Å²) in [5, 5.41) is 16.9. The number of ether oxygens (including phenoxy) is 1. The highest BCUT2D eigenvalue weighted by Gasteiger charge is 2.30. The van der Waals surface area contributed by atoms with Crippen molar-refractivity contribution in [1.82, 2.24) is 25.4 Å². The van der Waals surface area contributed by atoms with Crippen LogP contribution in [-0.4, -0.2) is 43.3 Å². The molecule has 0 aliphatic rings. The summed E-state index contributed by atoms with van der Waals surface area (Å²) in [4.78, 5) is 37.0. The molecule has 2 atom stereocenters. The van der Waals surface area contributed by atoms with E-state index in [1.165, 1.54) is 6.33 Å². The fraction of sp³-hybridized carbons (Fsp3) is 0.219. The molecule has 3 aromatic carbocycles. The SMILES string of the molecule is Cc1cc(O)cc(C)c1CC(OC(N)=O)C(=O)N[C@@H](Cc1c[nH]cn1)c1nc(Cc2ccc(-c3ccccc3)cc2)no1. The third kappa shape index (κ3) is 7.45. The van der Waals surface area contributed by atoms with Gasteiger partial charge in [-0.2, -0.15) is 4.98 Å². The molecule has 0 saturated carbocycles. The minimum atomic E-state index is -1.24. The average molecular weight is 581 g/mol. The number of amides is 2. The van der Waals surface area contributed by atoms with Gasteiger partial charge in [0.25, 0.3) is 5.91 Å². The highest BCUT2D eigenvalue weighted by molar-refractivity contribution is 5.84. The topological polar surface area (TPSA) is 169 Å². The van der Waals surface area contributed by atoms with Gasteiger partial charge in [-0.15, -0.1) is 0 Å². The number of phenolic OH excluding ortho intramolecular Hbond substituents is 1. The van der Waals surface area contributed by atoms with Crippen LogP contribution in [0.15, 0.2) is 83.8 Å². The molecule has 0 aliphatic heterocycles. The number of hydrogen-bond acceptors (Lipinski definition) is 8. The maximum atomic E-state index is 13.5. The molecule has 220 valence electrons. The van der Waals surface area contributed by atoms with Crippen molar-refractivity contribution in [2.24, 2.45) is 5.73 Å². The Labute approximate surface area is 248 Å². The molecule has 5 aromatic rings. The van der Waals surface area contributed by atoms with Crippen LogP contribution in [0.1, 0.15) is 45.7 Å². The van der Waals surface area contributed by atoms with Crippen molar-refractivity contribution in [3.63, 3.8) is 0 Å². The van der Waals surface area contributed by atoms with Gasteiger partial charge in [-0.3, -0.25) is 4.79 Å². The molecule has 2 aromatic heterocycles. The smallest absolute Gasteiger partial charge is 0.405 e. The van der Waals surface area contributed by atoms with E-state index in [9.17, 15) is 14.7 Å². The van der Waals surface area contributed by atoms with E-state index in [1.807, 2.05) is 42.5 Å². The normalized spacial score (nSPS) is 12.4. The van der Waals surface area contributed by atoms with Crippen LogP contribution in [0.25, 0.3) is 11.1 Å². The Balaban J connectivity index is 1.34. The first-order chi connectivity index (χ1) is 20.7. The van der Waals surface area contributed by atoms with Crippen molar-refractivity contribution in [3.05, 3.63) is 119 Å². The number of carbonyl (C=O) groups is 2. The molecular formula is C32H32N6O5. The number of nitrogens with one attached hydrogen (secondary N) is 2. The summed E-state index contributed by atoms with van der Waals surface area (Å²) in [5.41, 5.74) is 11.4. The van der Waals surface area contributed by atoms with Gasteiger partial charge < -0.3 is 30.4 Å². The van der Waals surface area contributed by atoms with Gasteiger partial charge in [-0.1, -0.05) is 59.8 Å². The lowest BCUT2D eigenvalue weighted by Crippen LogP contribution is -2.42. The molecule has 2 heterocycles. The van der Waals surface area contributed by atoms with E-state index in [2.05, 4.69) is 37.6 Å². The maximum Gasteiger partial charge on any atom is 0.405 e. The third-order valence-corrected chi connectivity index (χ3v) is 7.11. The Morgan fingerprint density at radius 1 is 1.02 bits per heavy atom. The first kappa shape index (κ1) is 29.1. The summed E-state index contributed by atoms with van der Waals surface area (Å²) >= 11 is 0. The first-order valence-corrected chi connectivity index (χ1v) is 13.7. The number of rotatable bonds is 11. The van der Waals surface area contributed by atoms with Crippen molar-refractivity contribution < 1.29 is 24.0 Å². The number of H-pyrrole nitrogens is 1. The van der Waals surface area contributed by atoms with Gasteiger partial charge in [0.15, 0.2) is 11.9 Å². The quantitative estimate of drug-likeness (QED) is 0.177. The van der Waals surface area contributed by atoms with Gasteiger partial charge >= 0.3 is 6.09 Å². The Morgan fingerprint density at radius 2 is 1.72 bits per heavy atom. The summed E-state index contributed by atoms with van der Waals surface area (Å²) < 4.78 is 10.8. The number of aromatic nitrogens is 4. The molecule has 11 heteroatoms. The molecule has 0 radical (unpaired) electrons. The Hall–Kier alpha value is -5.45. The van der Waals surface area contributed by atoms with Crippen LogP contribution in [0.5, 0.6) is 5.75 Å². The lowest BCUT2D eigenvalue weighted by molar-refractivity contribution is -0.130. The van der Waals surface area contributed by atoms with Crippen molar-refractivity contribution >= 4 is 12.0 Å². The van der Waals surface area contributed by atoms with E-state index in [0.717, 1.165) is 33.4 Å². The number of aromatic hydroxyl groups is 1. The van der Waals surface area contributed by atoms with Crippen molar-refractivity contribution in [1.29, 1.82) is 0 Å². The number of primary amides is 1. The van der Waals surface area contributed by atoms with Gasteiger partial charge in [0.05, 0.1) is 12.0 Å². The lowest BCUT2D eigenvalue weighted by atomic mass is 9.96. The number of aryl methyl sites for hydroxylation is 2. The second-order valence-corrected chi connectivity index (χ2v) is 10.3. The predicted octanol–water partition coefficient (Wildman–Crippen LogP) is 4.48.